The minimum Gasteiger partial charge on any atom is -0.297 e. The maximum Gasteiger partial charge on any atom is 0.501 e. The van der Waals surface area contributed by atoms with Gasteiger partial charge in [0.05, 0.1) is 15.6 Å². The summed E-state index contributed by atoms with van der Waals surface area (Å²) in [6, 6.07) is 1.63. The molecule has 0 amide bonds. The molecule has 1 heterocycles. The lowest BCUT2D eigenvalue weighted by molar-refractivity contribution is -0.137. The molecule has 1 aliphatic heterocycles. The topological polar surface area (TPSA) is 109 Å². The highest BCUT2D eigenvalue weighted by atomic mass is 35.5. The third kappa shape index (κ3) is 3.38. The van der Waals surface area contributed by atoms with Crippen LogP contribution in [0.1, 0.15) is 11.1 Å². The van der Waals surface area contributed by atoms with E-state index in [0.29, 0.717) is 0 Å². The summed E-state index contributed by atoms with van der Waals surface area (Å²) in [5.41, 5.74) is -6.90. The van der Waals surface area contributed by atoms with E-state index >= 15 is 0 Å². The molecule has 1 atom stereocenters. The van der Waals surface area contributed by atoms with E-state index in [2.05, 4.69) is 10.2 Å². The van der Waals surface area contributed by atoms with Crippen LogP contribution in [0.25, 0.3) is 0 Å². The Morgan fingerprint density at radius 1 is 1.11 bits per heavy atom. The predicted octanol–water partition coefficient (Wildman–Crippen LogP) is 4.26. The monoisotopic (exact) mass is 452 g/mol. The van der Waals surface area contributed by atoms with E-state index < -0.39 is 59.0 Å². The standard InChI is InChI=1S/C12H4Cl2F6N4O2S/c13-5-1-4(11(15,16)17)2-6(14)8(5)10(22)9(7(3-21)23-24-10)27(25,26)12(18,19)20/h1-2H,22H2. The summed E-state index contributed by atoms with van der Waals surface area (Å²) in [4.78, 5) is -1.80. The molecule has 0 aromatic heterocycles. The zero-order valence-corrected chi connectivity index (χ0v) is 14.7. The van der Waals surface area contributed by atoms with Gasteiger partial charge in [-0.25, -0.2) is 8.42 Å². The van der Waals surface area contributed by atoms with Crippen LogP contribution in [-0.2, 0) is 21.7 Å². The SMILES string of the molecule is N#CC1=C(S(=O)(=O)C(F)(F)F)C(N)(c2c(Cl)cc(C(F)(F)F)cc2Cl)N=N1. The van der Waals surface area contributed by atoms with E-state index in [0.717, 1.165) is 6.07 Å². The number of allylic oxidation sites excluding steroid dienone is 1. The number of hydrogen-bond donors (Lipinski definition) is 1. The van der Waals surface area contributed by atoms with Gasteiger partial charge in [0.15, 0.2) is 11.4 Å². The molecule has 0 saturated carbocycles. The van der Waals surface area contributed by atoms with E-state index in [-0.39, 0.29) is 12.1 Å². The molecule has 0 radical (unpaired) electrons. The summed E-state index contributed by atoms with van der Waals surface area (Å²) in [5.74, 6) is 0. The van der Waals surface area contributed by atoms with E-state index in [1.54, 1.807) is 0 Å². The Balaban J connectivity index is 2.85. The Morgan fingerprint density at radius 3 is 1.96 bits per heavy atom. The zero-order valence-electron chi connectivity index (χ0n) is 12.3. The largest absolute Gasteiger partial charge is 0.501 e. The van der Waals surface area contributed by atoms with Crippen molar-refractivity contribution < 1.29 is 34.8 Å². The van der Waals surface area contributed by atoms with Crippen molar-refractivity contribution in [2.45, 2.75) is 17.3 Å². The van der Waals surface area contributed by atoms with Crippen molar-refractivity contribution in [1.29, 1.82) is 5.26 Å². The fourth-order valence-corrected chi connectivity index (χ4v) is 4.09. The Bertz CT molecular complexity index is 1000. The molecular weight excluding hydrogens is 449 g/mol. The van der Waals surface area contributed by atoms with Crippen LogP contribution in [0.5, 0.6) is 0 Å². The van der Waals surface area contributed by atoms with Gasteiger partial charge in [-0.2, -0.15) is 36.7 Å². The highest BCUT2D eigenvalue weighted by molar-refractivity contribution is 7.96. The Morgan fingerprint density at radius 2 is 1.59 bits per heavy atom. The average Bonchev–Trinajstić information content (AvgIpc) is 2.82. The van der Waals surface area contributed by atoms with Gasteiger partial charge in [-0.15, -0.1) is 5.11 Å². The Labute approximate surface area is 156 Å². The minimum absolute atomic E-state index is 0.273. The number of azo groups is 1. The quantitative estimate of drug-likeness (QED) is 0.675. The molecule has 0 spiro atoms. The maximum atomic E-state index is 13.0. The summed E-state index contributed by atoms with van der Waals surface area (Å²) in [5, 5.41) is 13.2. The van der Waals surface area contributed by atoms with E-state index in [1.807, 2.05) is 0 Å². The second-order valence-corrected chi connectivity index (χ2v) is 7.71. The Kier molecular flexibility index (Phi) is 5.02. The van der Waals surface area contributed by atoms with Crippen molar-refractivity contribution in [3.63, 3.8) is 0 Å². The molecule has 2 N–H and O–H groups in total. The fourth-order valence-electron chi connectivity index (χ4n) is 2.19. The van der Waals surface area contributed by atoms with Crippen LogP contribution in [0.2, 0.25) is 10.0 Å². The zero-order chi connectivity index (χ0) is 21.0. The summed E-state index contributed by atoms with van der Waals surface area (Å²) in [7, 11) is -6.26. The number of benzene rings is 1. The highest BCUT2D eigenvalue weighted by Crippen LogP contribution is 2.49. The van der Waals surface area contributed by atoms with Crippen LogP contribution >= 0.6 is 23.2 Å². The lowest BCUT2D eigenvalue weighted by atomic mass is 9.98. The number of sulfone groups is 1. The van der Waals surface area contributed by atoms with Crippen LogP contribution < -0.4 is 5.73 Å². The summed E-state index contributed by atoms with van der Waals surface area (Å²) in [6.07, 6.45) is -4.92. The van der Waals surface area contributed by atoms with Gasteiger partial charge in [0.2, 0.25) is 0 Å². The number of hydrogen-bond acceptors (Lipinski definition) is 6. The van der Waals surface area contributed by atoms with Crippen molar-refractivity contribution in [1.82, 2.24) is 0 Å². The lowest BCUT2D eigenvalue weighted by Gasteiger charge is -2.26. The molecule has 0 bridgehead atoms. The number of nitrogens with two attached hydrogens (primary N) is 1. The lowest BCUT2D eigenvalue weighted by Crippen LogP contribution is -2.42. The Hall–Kier alpha value is -1.88. The van der Waals surface area contributed by atoms with Crippen molar-refractivity contribution >= 4 is 33.0 Å². The van der Waals surface area contributed by atoms with Gasteiger partial charge in [0.1, 0.15) is 11.0 Å². The summed E-state index contributed by atoms with van der Waals surface area (Å²) < 4.78 is 101. The molecule has 0 fully saturated rings. The second kappa shape index (κ2) is 6.33. The van der Waals surface area contributed by atoms with Crippen molar-refractivity contribution in [2.75, 3.05) is 0 Å². The maximum absolute atomic E-state index is 13.0. The van der Waals surface area contributed by atoms with E-state index in [1.165, 1.54) is 0 Å². The van der Waals surface area contributed by atoms with E-state index in [4.69, 9.17) is 34.2 Å². The first-order chi connectivity index (χ1) is 12.1. The normalized spacial score (nSPS) is 20.9. The highest BCUT2D eigenvalue weighted by Gasteiger charge is 2.59. The van der Waals surface area contributed by atoms with Gasteiger partial charge < -0.3 is 0 Å². The molecule has 27 heavy (non-hydrogen) atoms. The molecule has 2 rings (SSSR count). The smallest absolute Gasteiger partial charge is 0.297 e. The molecular formula is C12H4Cl2F6N4O2S. The first kappa shape index (κ1) is 21.4. The average molecular weight is 453 g/mol. The van der Waals surface area contributed by atoms with Crippen LogP contribution in [0.4, 0.5) is 26.3 Å². The first-order valence-electron chi connectivity index (χ1n) is 6.32. The minimum atomic E-state index is -6.26. The molecule has 1 unspecified atom stereocenters. The summed E-state index contributed by atoms with van der Waals surface area (Å²) in [6.45, 7) is 0. The molecule has 1 aromatic rings. The third-order valence-electron chi connectivity index (χ3n) is 3.30. The van der Waals surface area contributed by atoms with Crippen molar-refractivity contribution in [3.8, 4) is 6.07 Å². The first-order valence-corrected chi connectivity index (χ1v) is 8.56. The van der Waals surface area contributed by atoms with E-state index in [9.17, 15) is 34.8 Å². The number of rotatable bonds is 2. The molecule has 1 aromatic carbocycles. The molecule has 0 saturated heterocycles. The second-order valence-electron chi connectivity index (χ2n) is 5.02. The van der Waals surface area contributed by atoms with Gasteiger partial charge in [0, 0.05) is 5.56 Å². The van der Waals surface area contributed by atoms with Crippen LogP contribution in [0.3, 0.4) is 0 Å². The van der Waals surface area contributed by atoms with Crippen LogP contribution in [0, 0.1) is 11.3 Å². The van der Waals surface area contributed by atoms with Crippen molar-refractivity contribution in [3.05, 3.63) is 43.9 Å². The van der Waals surface area contributed by atoms with Crippen molar-refractivity contribution in [2.24, 2.45) is 16.0 Å². The van der Waals surface area contributed by atoms with Gasteiger partial charge in [-0.1, -0.05) is 23.2 Å². The van der Waals surface area contributed by atoms with Gasteiger partial charge >= 0.3 is 11.7 Å². The molecule has 146 valence electrons. The van der Waals surface area contributed by atoms with Gasteiger partial charge in [-0.05, 0) is 12.1 Å². The fraction of sp³-hybridized carbons (Fsp3) is 0.250. The molecule has 6 nitrogen and oxygen atoms in total. The van der Waals surface area contributed by atoms with Gasteiger partial charge in [0.25, 0.3) is 9.84 Å². The number of nitrogens with zero attached hydrogens (tertiary/aromatic N) is 3. The number of nitriles is 1. The third-order valence-corrected chi connectivity index (χ3v) is 5.55. The molecule has 0 aliphatic carbocycles. The molecule has 1 aliphatic rings. The van der Waals surface area contributed by atoms with Crippen LogP contribution in [0.15, 0.2) is 33.0 Å². The van der Waals surface area contributed by atoms with Crippen LogP contribution in [-0.4, -0.2) is 13.9 Å². The molecule has 15 heteroatoms. The number of halogens is 8. The van der Waals surface area contributed by atoms with Gasteiger partial charge in [-0.3, -0.25) is 5.73 Å². The predicted molar refractivity (Wildman–Crippen MR) is 79.8 cm³/mol. The summed E-state index contributed by atoms with van der Waals surface area (Å²) >= 11 is 11.4. The number of alkyl halides is 6.